The summed E-state index contributed by atoms with van der Waals surface area (Å²) >= 11 is 0. The Labute approximate surface area is 79.6 Å². The maximum absolute atomic E-state index is 12.2. The van der Waals surface area contributed by atoms with Crippen LogP contribution >= 0.6 is 12.4 Å². The quantitative estimate of drug-likeness (QED) is 0.774. The highest BCUT2D eigenvalue weighted by atomic mass is 35.5. The van der Waals surface area contributed by atoms with Crippen molar-refractivity contribution in [2.24, 2.45) is 0 Å². The van der Waals surface area contributed by atoms with Gasteiger partial charge in [0.15, 0.2) is 0 Å². The summed E-state index contributed by atoms with van der Waals surface area (Å²) < 4.78 is 36.5. The molecule has 0 amide bonds. The van der Waals surface area contributed by atoms with Gasteiger partial charge >= 0.3 is 6.18 Å². The molecule has 0 saturated heterocycles. The average molecular weight is 213 g/mol. The van der Waals surface area contributed by atoms with Crippen LogP contribution < -0.4 is 5.32 Å². The first-order valence-corrected chi connectivity index (χ1v) is 3.25. The summed E-state index contributed by atoms with van der Waals surface area (Å²) in [6.07, 6.45) is -3.03. The van der Waals surface area contributed by atoms with Gasteiger partial charge < -0.3 is 5.32 Å². The summed E-state index contributed by atoms with van der Waals surface area (Å²) in [4.78, 5) is 3.53. The van der Waals surface area contributed by atoms with Gasteiger partial charge in [-0.15, -0.1) is 12.4 Å². The van der Waals surface area contributed by atoms with Gasteiger partial charge in [0, 0.05) is 13.2 Å². The standard InChI is InChI=1S/C7H7F3N2.ClH/c1-11-6-5(7(8,9)10)3-2-4-12-6;/h2-4H,1H3,(H,11,12);1H. The molecule has 1 aromatic rings. The third-order valence-corrected chi connectivity index (χ3v) is 1.35. The smallest absolute Gasteiger partial charge is 0.373 e. The van der Waals surface area contributed by atoms with E-state index in [0.717, 1.165) is 6.07 Å². The number of pyridine rings is 1. The number of anilines is 1. The van der Waals surface area contributed by atoms with Gasteiger partial charge in [-0.25, -0.2) is 4.98 Å². The third kappa shape index (κ3) is 2.77. The highest BCUT2D eigenvalue weighted by molar-refractivity contribution is 5.85. The van der Waals surface area contributed by atoms with E-state index >= 15 is 0 Å². The number of alkyl halides is 3. The number of hydrogen-bond donors (Lipinski definition) is 1. The average Bonchev–Trinajstić information content (AvgIpc) is 2.03. The van der Waals surface area contributed by atoms with Crippen LogP contribution in [-0.4, -0.2) is 12.0 Å². The molecule has 1 N–H and O–H groups in total. The fourth-order valence-corrected chi connectivity index (χ4v) is 0.833. The van der Waals surface area contributed by atoms with Gasteiger partial charge in [0.2, 0.25) is 0 Å². The summed E-state index contributed by atoms with van der Waals surface area (Å²) in [5.41, 5.74) is -0.743. The van der Waals surface area contributed by atoms with Crippen molar-refractivity contribution in [1.29, 1.82) is 0 Å². The van der Waals surface area contributed by atoms with Crippen molar-refractivity contribution in [1.82, 2.24) is 4.98 Å². The second kappa shape index (κ2) is 4.32. The topological polar surface area (TPSA) is 24.9 Å². The van der Waals surface area contributed by atoms with E-state index < -0.39 is 11.7 Å². The number of aromatic nitrogens is 1. The molecule has 0 aromatic carbocycles. The monoisotopic (exact) mass is 212 g/mol. The van der Waals surface area contributed by atoms with Crippen LogP contribution in [0.4, 0.5) is 19.0 Å². The van der Waals surface area contributed by atoms with Crippen molar-refractivity contribution in [2.45, 2.75) is 6.18 Å². The highest BCUT2D eigenvalue weighted by Crippen LogP contribution is 2.32. The Morgan fingerprint density at radius 3 is 2.38 bits per heavy atom. The fourth-order valence-electron chi connectivity index (χ4n) is 0.833. The second-order valence-electron chi connectivity index (χ2n) is 2.15. The van der Waals surface area contributed by atoms with Crippen LogP contribution in [0.2, 0.25) is 0 Å². The van der Waals surface area contributed by atoms with Crippen LogP contribution in [-0.2, 0) is 6.18 Å². The molecule has 0 aliphatic heterocycles. The lowest BCUT2D eigenvalue weighted by molar-refractivity contribution is -0.137. The molecule has 0 fully saturated rings. The summed E-state index contributed by atoms with van der Waals surface area (Å²) in [6.45, 7) is 0. The molecule has 1 aromatic heterocycles. The molecule has 13 heavy (non-hydrogen) atoms. The summed E-state index contributed by atoms with van der Waals surface area (Å²) in [7, 11) is 1.40. The van der Waals surface area contributed by atoms with Gasteiger partial charge in [0.25, 0.3) is 0 Å². The molecular weight excluding hydrogens is 205 g/mol. The Balaban J connectivity index is 0.00000144. The summed E-state index contributed by atoms with van der Waals surface area (Å²) in [6, 6.07) is 2.24. The van der Waals surface area contributed by atoms with E-state index in [4.69, 9.17) is 0 Å². The molecule has 0 spiro atoms. The van der Waals surface area contributed by atoms with E-state index in [0.29, 0.717) is 0 Å². The van der Waals surface area contributed by atoms with Crippen molar-refractivity contribution in [3.05, 3.63) is 23.9 Å². The number of halogens is 4. The zero-order valence-corrected chi connectivity index (χ0v) is 7.54. The number of hydrogen-bond acceptors (Lipinski definition) is 2. The maximum atomic E-state index is 12.2. The zero-order valence-electron chi connectivity index (χ0n) is 6.72. The Bertz CT molecular complexity index is 275. The number of rotatable bonds is 1. The van der Waals surface area contributed by atoms with Crippen molar-refractivity contribution < 1.29 is 13.2 Å². The first-order valence-electron chi connectivity index (χ1n) is 3.25. The predicted octanol–water partition coefficient (Wildman–Crippen LogP) is 2.56. The van der Waals surface area contributed by atoms with E-state index in [1.54, 1.807) is 0 Å². The van der Waals surface area contributed by atoms with E-state index in [2.05, 4.69) is 10.3 Å². The van der Waals surface area contributed by atoms with Crippen molar-refractivity contribution in [2.75, 3.05) is 12.4 Å². The lowest BCUT2D eigenvalue weighted by Crippen LogP contribution is -2.09. The summed E-state index contributed by atoms with van der Waals surface area (Å²) in [5, 5.41) is 2.37. The largest absolute Gasteiger partial charge is 0.419 e. The third-order valence-electron chi connectivity index (χ3n) is 1.35. The molecule has 2 nitrogen and oxygen atoms in total. The predicted molar refractivity (Wildman–Crippen MR) is 46.0 cm³/mol. The normalized spacial score (nSPS) is 10.5. The molecule has 74 valence electrons. The summed E-state index contributed by atoms with van der Waals surface area (Å²) in [5.74, 6) is -0.148. The van der Waals surface area contributed by atoms with Gasteiger partial charge in [-0.2, -0.15) is 13.2 Å². The Hall–Kier alpha value is -0.970. The molecular formula is C7H8ClF3N2. The SMILES string of the molecule is CNc1ncccc1C(F)(F)F.Cl. The Morgan fingerprint density at radius 1 is 1.38 bits per heavy atom. The lowest BCUT2D eigenvalue weighted by atomic mass is 10.2. The molecule has 1 heterocycles. The van der Waals surface area contributed by atoms with Gasteiger partial charge in [0.05, 0.1) is 5.56 Å². The van der Waals surface area contributed by atoms with Crippen LogP contribution in [0.15, 0.2) is 18.3 Å². The van der Waals surface area contributed by atoms with Gasteiger partial charge in [-0.3, -0.25) is 0 Å². The first-order chi connectivity index (χ1) is 5.55. The first kappa shape index (κ1) is 12.0. The van der Waals surface area contributed by atoms with Crippen LogP contribution in [0.3, 0.4) is 0 Å². The molecule has 0 aliphatic carbocycles. The van der Waals surface area contributed by atoms with E-state index in [1.165, 1.54) is 19.3 Å². The number of nitrogens with zero attached hydrogens (tertiary/aromatic N) is 1. The molecule has 0 bridgehead atoms. The van der Waals surface area contributed by atoms with E-state index in [-0.39, 0.29) is 18.2 Å². The fraction of sp³-hybridized carbons (Fsp3) is 0.286. The molecule has 0 radical (unpaired) electrons. The zero-order chi connectivity index (χ0) is 9.19. The maximum Gasteiger partial charge on any atom is 0.419 e. The van der Waals surface area contributed by atoms with E-state index in [9.17, 15) is 13.2 Å². The lowest BCUT2D eigenvalue weighted by Gasteiger charge is -2.09. The van der Waals surface area contributed by atoms with Crippen LogP contribution in [0.5, 0.6) is 0 Å². The van der Waals surface area contributed by atoms with Gasteiger partial charge in [-0.05, 0) is 12.1 Å². The molecule has 0 unspecified atom stereocenters. The van der Waals surface area contributed by atoms with Crippen LogP contribution in [0, 0.1) is 0 Å². The minimum Gasteiger partial charge on any atom is -0.373 e. The Kier molecular flexibility index (Phi) is 4.00. The van der Waals surface area contributed by atoms with Crippen LogP contribution in [0.1, 0.15) is 5.56 Å². The minimum atomic E-state index is -4.34. The Morgan fingerprint density at radius 2 is 2.00 bits per heavy atom. The van der Waals surface area contributed by atoms with Gasteiger partial charge in [0.1, 0.15) is 5.82 Å². The van der Waals surface area contributed by atoms with Gasteiger partial charge in [-0.1, -0.05) is 0 Å². The van der Waals surface area contributed by atoms with Crippen molar-refractivity contribution >= 4 is 18.2 Å². The number of nitrogens with one attached hydrogen (secondary N) is 1. The second-order valence-corrected chi connectivity index (χ2v) is 2.15. The molecule has 6 heteroatoms. The minimum absolute atomic E-state index is 0. The van der Waals surface area contributed by atoms with Crippen LogP contribution in [0.25, 0.3) is 0 Å². The molecule has 0 aliphatic rings. The molecule has 0 atom stereocenters. The van der Waals surface area contributed by atoms with E-state index in [1.807, 2.05) is 0 Å². The molecule has 0 saturated carbocycles. The van der Waals surface area contributed by atoms with Crippen molar-refractivity contribution in [3.8, 4) is 0 Å². The molecule has 1 rings (SSSR count). The highest BCUT2D eigenvalue weighted by Gasteiger charge is 2.33. The van der Waals surface area contributed by atoms with Crippen molar-refractivity contribution in [3.63, 3.8) is 0 Å².